The Bertz CT molecular complexity index is 560. The van der Waals surface area contributed by atoms with Gasteiger partial charge in [0.2, 0.25) is 0 Å². The number of likely N-dealkylation sites (tertiary alicyclic amines) is 1. The zero-order valence-electron chi connectivity index (χ0n) is 16.7. The molecule has 0 bridgehead atoms. The van der Waals surface area contributed by atoms with Crippen LogP contribution in [-0.4, -0.2) is 61.0 Å². The van der Waals surface area contributed by atoms with Gasteiger partial charge in [-0.3, -0.25) is 9.89 Å². The highest BCUT2D eigenvalue weighted by Gasteiger charge is 2.20. The van der Waals surface area contributed by atoms with E-state index >= 15 is 0 Å². The maximum Gasteiger partial charge on any atom is 0.193 e. The lowest BCUT2D eigenvalue weighted by Crippen LogP contribution is -2.43. The lowest BCUT2D eigenvalue weighted by atomic mass is 9.97. The van der Waals surface area contributed by atoms with Crippen LogP contribution in [0.5, 0.6) is 0 Å². The number of hydrogen-bond acceptors (Lipinski definition) is 4. The Morgan fingerprint density at radius 3 is 2.88 bits per heavy atom. The van der Waals surface area contributed by atoms with E-state index in [-0.39, 0.29) is 0 Å². The molecule has 5 nitrogen and oxygen atoms in total. The minimum atomic E-state index is 0.728. The van der Waals surface area contributed by atoms with Gasteiger partial charge >= 0.3 is 0 Å². The van der Waals surface area contributed by atoms with Gasteiger partial charge in [-0.15, -0.1) is 17.9 Å². The van der Waals surface area contributed by atoms with Gasteiger partial charge in [-0.25, -0.2) is 4.98 Å². The predicted molar refractivity (Wildman–Crippen MR) is 113 cm³/mol. The first-order valence-corrected chi connectivity index (χ1v) is 10.7. The monoisotopic (exact) mass is 377 g/mol. The van der Waals surface area contributed by atoms with Gasteiger partial charge in [0.15, 0.2) is 5.96 Å². The molecular formula is C20H35N5S. The van der Waals surface area contributed by atoms with Crippen molar-refractivity contribution in [3.05, 3.63) is 28.7 Å². The standard InChI is InChI=1S/C20H35N5S/c1-5-7-8-11-24(4)20(21-3)22-14-17-9-12-25(13-10-17)15-18-16-26-19(6-2)23-18/h5,16-17H,1,6-15H2,2-4H3,(H,21,22). The number of nitrogens with zero attached hydrogens (tertiary/aromatic N) is 4. The van der Waals surface area contributed by atoms with Crippen molar-refractivity contribution >= 4 is 17.3 Å². The maximum absolute atomic E-state index is 4.70. The van der Waals surface area contributed by atoms with E-state index < -0.39 is 0 Å². The van der Waals surface area contributed by atoms with Gasteiger partial charge < -0.3 is 10.2 Å². The first kappa shape index (κ1) is 20.9. The average Bonchev–Trinajstić information content (AvgIpc) is 3.11. The molecule has 0 amide bonds. The second kappa shape index (κ2) is 11.3. The van der Waals surface area contributed by atoms with Gasteiger partial charge in [0.25, 0.3) is 0 Å². The van der Waals surface area contributed by atoms with E-state index in [1.165, 1.54) is 36.6 Å². The first-order valence-electron chi connectivity index (χ1n) is 9.84. The van der Waals surface area contributed by atoms with Crippen LogP contribution in [0.25, 0.3) is 0 Å². The number of piperidine rings is 1. The molecule has 1 aromatic heterocycles. The lowest BCUT2D eigenvalue weighted by molar-refractivity contribution is 0.176. The van der Waals surface area contributed by atoms with E-state index in [2.05, 4.69) is 46.0 Å². The second-order valence-corrected chi connectivity index (χ2v) is 8.03. The van der Waals surface area contributed by atoms with E-state index in [1.54, 1.807) is 11.3 Å². The van der Waals surface area contributed by atoms with Crippen LogP contribution in [0.3, 0.4) is 0 Å². The van der Waals surface area contributed by atoms with Gasteiger partial charge in [-0.1, -0.05) is 13.0 Å². The van der Waals surface area contributed by atoms with Crippen LogP contribution in [0.15, 0.2) is 23.0 Å². The summed E-state index contributed by atoms with van der Waals surface area (Å²) in [7, 11) is 3.98. The summed E-state index contributed by atoms with van der Waals surface area (Å²) < 4.78 is 0. The maximum atomic E-state index is 4.70. The number of thiazole rings is 1. The zero-order chi connectivity index (χ0) is 18.8. The number of aryl methyl sites for hydroxylation is 1. The SMILES string of the molecule is C=CCCCN(C)C(=NC)NCC1CCN(Cc2csc(CC)n2)CC1. The van der Waals surface area contributed by atoms with Crippen molar-refractivity contribution in [3.8, 4) is 0 Å². The molecule has 2 rings (SSSR count). The molecule has 1 aromatic rings. The summed E-state index contributed by atoms with van der Waals surface area (Å²) in [6.45, 7) is 11.3. The Labute approximate surface area is 163 Å². The summed E-state index contributed by atoms with van der Waals surface area (Å²) in [5, 5.41) is 7.04. The van der Waals surface area contributed by atoms with Crippen molar-refractivity contribution < 1.29 is 0 Å². The van der Waals surface area contributed by atoms with Crippen LogP contribution in [-0.2, 0) is 13.0 Å². The Balaban J connectivity index is 1.68. The largest absolute Gasteiger partial charge is 0.356 e. The summed E-state index contributed by atoms with van der Waals surface area (Å²) in [6, 6.07) is 0. The molecule has 0 spiro atoms. The fourth-order valence-electron chi connectivity index (χ4n) is 3.36. The van der Waals surface area contributed by atoms with E-state index in [0.717, 1.165) is 50.8 Å². The molecule has 1 saturated heterocycles. The summed E-state index contributed by atoms with van der Waals surface area (Å²) in [4.78, 5) is 13.9. The molecule has 6 heteroatoms. The second-order valence-electron chi connectivity index (χ2n) is 7.09. The molecule has 26 heavy (non-hydrogen) atoms. The number of hydrogen-bond donors (Lipinski definition) is 1. The normalized spacial score (nSPS) is 16.7. The molecule has 2 heterocycles. The molecule has 0 unspecified atom stereocenters. The number of nitrogens with one attached hydrogen (secondary N) is 1. The van der Waals surface area contributed by atoms with E-state index in [4.69, 9.17) is 4.98 Å². The number of aromatic nitrogens is 1. The molecule has 0 atom stereocenters. The van der Waals surface area contributed by atoms with E-state index in [9.17, 15) is 0 Å². The van der Waals surface area contributed by atoms with Gasteiger partial charge in [0.1, 0.15) is 0 Å². The molecule has 0 radical (unpaired) electrons. The van der Waals surface area contributed by atoms with Gasteiger partial charge in [0, 0.05) is 39.1 Å². The molecule has 1 fully saturated rings. The molecule has 1 aliphatic rings. The van der Waals surface area contributed by atoms with Gasteiger partial charge in [-0.05, 0) is 51.1 Å². The van der Waals surface area contributed by atoms with Crippen LogP contribution in [0, 0.1) is 5.92 Å². The summed E-state index contributed by atoms with van der Waals surface area (Å²) in [6.07, 6.45) is 7.69. The van der Waals surface area contributed by atoms with Crippen LogP contribution in [0.4, 0.5) is 0 Å². The Hall–Kier alpha value is -1.40. The quantitative estimate of drug-likeness (QED) is 0.310. The van der Waals surface area contributed by atoms with Gasteiger partial charge in [0.05, 0.1) is 10.7 Å². The van der Waals surface area contributed by atoms with Crippen molar-refractivity contribution in [2.45, 2.75) is 45.6 Å². The minimum Gasteiger partial charge on any atom is -0.356 e. The highest BCUT2D eigenvalue weighted by Crippen LogP contribution is 2.19. The summed E-state index contributed by atoms with van der Waals surface area (Å²) >= 11 is 1.79. The lowest BCUT2D eigenvalue weighted by Gasteiger charge is -2.32. The van der Waals surface area contributed by atoms with Crippen molar-refractivity contribution in [1.29, 1.82) is 0 Å². The highest BCUT2D eigenvalue weighted by molar-refractivity contribution is 7.09. The van der Waals surface area contributed by atoms with Crippen molar-refractivity contribution in [2.24, 2.45) is 10.9 Å². The molecule has 146 valence electrons. The first-order chi connectivity index (χ1) is 12.7. The van der Waals surface area contributed by atoms with Crippen molar-refractivity contribution in [1.82, 2.24) is 20.1 Å². The zero-order valence-corrected chi connectivity index (χ0v) is 17.5. The van der Waals surface area contributed by atoms with Crippen molar-refractivity contribution in [2.75, 3.05) is 40.3 Å². The van der Waals surface area contributed by atoms with Crippen LogP contribution in [0.1, 0.15) is 43.3 Å². The number of unbranched alkanes of at least 4 members (excludes halogenated alkanes) is 1. The smallest absolute Gasteiger partial charge is 0.193 e. The van der Waals surface area contributed by atoms with Crippen LogP contribution in [0.2, 0.25) is 0 Å². The number of guanidine groups is 1. The highest BCUT2D eigenvalue weighted by atomic mass is 32.1. The molecule has 1 N–H and O–H groups in total. The van der Waals surface area contributed by atoms with E-state index in [1.807, 2.05) is 13.1 Å². The van der Waals surface area contributed by atoms with Crippen LogP contribution >= 0.6 is 11.3 Å². The number of aliphatic imine (C=N–C) groups is 1. The topological polar surface area (TPSA) is 43.8 Å². The molecular weight excluding hydrogens is 342 g/mol. The minimum absolute atomic E-state index is 0.728. The fraction of sp³-hybridized carbons (Fsp3) is 0.700. The third-order valence-electron chi connectivity index (χ3n) is 5.02. The third-order valence-corrected chi connectivity index (χ3v) is 6.06. The molecule has 0 saturated carbocycles. The average molecular weight is 378 g/mol. The molecule has 0 aromatic carbocycles. The number of allylic oxidation sites excluding steroid dienone is 1. The van der Waals surface area contributed by atoms with Gasteiger partial charge in [-0.2, -0.15) is 0 Å². The summed E-state index contributed by atoms with van der Waals surface area (Å²) in [5.74, 6) is 1.73. The van der Waals surface area contributed by atoms with E-state index in [0.29, 0.717) is 0 Å². The Morgan fingerprint density at radius 2 is 2.27 bits per heavy atom. The molecule has 1 aliphatic heterocycles. The Morgan fingerprint density at radius 1 is 1.50 bits per heavy atom. The molecule has 0 aliphatic carbocycles. The fourth-order valence-corrected chi connectivity index (χ4v) is 4.10. The predicted octanol–water partition coefficient (Wildman–Crippen LogP) is 3.39. The summed E-state index contributed by atoms with van der Waals surface area (Å²) in [5.41, 5.74) is 1.24. The van der Waals surface area contributed by atoms with Crippen LogP contribution < -0.4 is 5.32 Å². The van der Waals surface area contributed by atoms with Crippen molar-refractivity contribution in [3.63, 3.8) is 0 Å². The Kier molecular flexibility index (Phi) is 9.12. The number of rotatable bonds is 9. The third kappa shape index (κ3) is 6.72.